The average molecular weight is 492 g/mol. The molecule has 0 saturated heterocycles. The predicted octanol–water partition coefficient (Wildman–Crippen LogP) is 8.52. The fraction of sp³-hybridized carbons (Fsp3) is 0.567. The van der Waals surface area contributed by atoms with Gasteiger partial charge in [-0.3, -0.25) is 4.79 Å². The van der Waals surface area contributed by atoms with Gasteiger partial charge in [0.2, 0.25) is 5.91 Å². The zero-order valence-corrected chi connectivity index (χ0v) is 23.6. The third-order valence-electron chi connectivity index (χ3n) is 5.85. The van der Waals surface area contributed by atoms with E-state index in [0.717, 1.165) is 44.1 Å². The molecule has 0 heterocycles. The number of aliphatic hydroxyl groups is 1. The molecule has 1 aromatic carbocycles. The molecule has 0 aliphatic heterocycles. The smallest absolute Gasteiger partial charge is 0.219 e. The van der Waals surface area contributed by atoms with Crippen LogP contribution in [0.1, 0.15) is 92.6 Å². The van der Waals surface area contributed by atoms with Gasteiger partial charge in [0.1, 0.15) is 0 Å². The van der Waals surface area contributed by atoms with Gasteiger partial charge in [-0.2, -0.15) is 0 Å². The van der Waals surface area contributed by atoms with Crippen LogP contribution in [0.4, 0.5) is 0 Å². The molecular weight excluding hydrogens is 442 g/mol. The Kier molecular flexibility index (Phi) is 20.7. The van der Waals surface area contributed by atoms with Crippen molar-refractivity contribution < 1.29 is 9.90 Å². The molecule has 0 spiro atoms. The fourth-order valence-corrected chi connectivity index (χ4v) is 4.24. The van der Waals surface area contributed by atoms with Crippen LogP contribution in [0, 0.1) is 0 Å². The quantitative estimate of drug-likeness (QED) is 0.370. The Balaban J connectivity index is 0. The van der Waals surface area contributed by atoms with Crippen molar-refractivity contribution in [1.29, 1.82) is 0 Å². The number of aliphatic hydroxyl groups excluding tert-OH is 1. The maximum atomic E-state index is 11.8. The lowest BCUT2D eigenvalue weighted by molar-refractivity contribution is -0.130. The van der Waals surface area contributed by atoms with Crippen molar-refractivity contribution in [1.82, 2.24) is 4.90 Å². The Morgan fingerprint density at radius 3 is 1.94 bits per heavy atom. The van der Waals surface area contributed by atoms with E-state index in [1.165, 1.54) is 0 Å². The third kappa shape index (κ3) is 11.5. The highest BCUT2D eigenvalue weighted by Gasteiger charge is 2.41. The van der Waals surface area contributed by atoms with Crippen molar-refractivity contribution >= 4 is 17.5 Å². The lowest BCUT2D eigenvalue weighted by atomic mass is 9.74. The van der Waals surface area contributed by atoms with Gasteiger partial charge >= 0.3 is 0 Å². The Morgan fingerprint density at radius 2 is 1.59 bits per heavy atom. The summed E-state index contributed by atoms with van der Waals surface area (Å²) in [6.45, 7) is 21.1. The van der Waals surface area contributed by atoms with Gasteiger partial charge in [0.15, 0.2) is 0 Å². The van der Waals surface area contributed by atoms with E-state index in [-0.39, 0.29) is 17.4 Å². The number of halogens is 1. The first-order valence-electron chi connectivity index (χ1n) is 12.8. The van der Waals surface area contributed by atoms with E-state index in [4.69, 9.17) is 11.6 Å². The van der Waals surface area contributed by atoms with E-state index in [1.807, 2.05) is 75.1 Å². The van der Waals surface area contributed by atoms with E-state index in [9.17, 15) is 9.90 Å². The van der Waals surface area contributed by atoms with Gasteiger partial charge in [0.05, 0.1) is 6.10 Å². The average Bonchev–Trinajstić information content (AvgIpc) is 3.35. The van der Waals surface area contributed by atoms with Gasteiger partial charge in [-0.05, 0) is 57.2 Å². The minimum absolute atomic E-state index is 0.0285. The zero-order valence-electron chi connectivity index (χ0n) is 22.8. The number of carbonyl (C=O) groups excluding carboxylic acids is 1. The molecule has 0 aromatic heterocycles. The van der Waals surface area contributed by atoms with E-state index in [0.29, 0.717) is 11.6 Å². The molecular formula is C30H50ClNO2. The number of hydrogen-bond acceptors (Lipinski definition) is 2. The molecule has 194 valence electrons. The second kappa shape index (κ2) is 20.5. The standard InChI is InChI=1S/C21H30ClNO2.C4H8.C3H6.C2H6/c1-4-19(23(5-2)16(3)24)12-13-20(25)21(14-6-7-15-21)17-8-10-18(22)11-9-17;1-3-4-2;1-3-2;1-2/h8-13,19-20,25H,4-7,14-15H2,1-3H3;3H,1,4H2,2H3;3H,1H2,2H3;1-2H3/b13-12+;;;. The van der Waals surface area contributed by atoms with Crippen LogP contribution in [0.25, 0.3) is 0 Å². The molecule has 1 fully saturated rings. The first-order valence-corrected chi connectivity index (χ1v) is 13.2. The molecule has 2 unspecified atom stereocenters. The highest BCUT2D eigenvalue weighted by atomic mass is 35.5. The minimum Gasteiger partial charge on any atom is -0.388 e. The topological polar surface area (TPSA) is 40.5 Å². The highest BCUT2D eigenvalue weighted by Crippen LogP contribution is 2.44. The predicted molar refractivity (Wildman–Crippen MR) is 152 cm³/mol. The number of amides is 1. The molecule has 2 rings (SSSR count). The molecule has 1 amide bonds. The van der Waals surface area contributed by atoms with Gasteiger partial charge in [-0.25, -0.2) is 0 Å². The number of likely N-dealkylation sites (N-methyl/N-ethyl adjacent to an activating group) is 1. The maximum absolute atomic E-state index is 11.8. The van der Waals surface area contributed by atoms with Crippen LogP contribution in [-0.2, 0) is 10.2 Å². The van der Waals surface area contributed by atoms with Crippen molar-refractivity contribution in [2.45, 2.75) is 105 Å². The number of hydrogen-bond donors (Lipinski definition) is 1. The summed E-state index contributed by atoms with van der Waals surface area (Å²) >= 11 is 6.03. The van der Waals surface area contributed by atoms with E-state index in [2.05, 4.69) is 27.0 Å². The van der Waals surface area contributed by atoms with E-state index >= 15 is 0 Å². The van der Waals surface area contributed by atoms with Crippen molar-refractivity contribution in [3.63, 3.8) is 0 Å². The highest BCUT2D eigenvalue weighted by molar-refractivity contribution is 6.30. The van der Waals surface area contributed by atoms with Crippen LogP contribution in [0.2, 0.25) is 5.02 Å². The molecule has 2 atom stereocenters. The summed E-state index contributed by atoms with van der Waals surface area (Å²) < 4.78 is 0. The number of carbonyl (C=O) groups is 1. The SMILES string of the molecule is C=CC.C=CCC.CC.CCC(/C=C/C(O)C1(c2ccc(Cl)cc2)CCCC1)N(CC)C(C)=O. The summed E-state index contributed by atoms with van der Waals surface area (Å²) in [6, 6.07) is 7.90. The first kappa shape index (κ1) is 34.3. The van der Waals surface area contributed by atoms with E-state index < -0.39 is 6.10 Å². The van der Waals surface area contributed by atoms with Crippen LogP contribution < -0.4 is 0 Å². The Morgan fingerprint density at radius 1 is 1.12 bits per heavy atom. The number of benzene rings is 1. The number of allylic oxidation sites excluding steroid dienone is 2. The number of nitrogens with zero attached hydrogens (tertiary/aromatic N) is 1. The van der Waals surface area contributed by atoms with Crippen LogP contribution in [0.15, 0.2) is 61.7 Å². The molecule has 1 aliphatic carbocycles. The molecule has 34 heavy (non-hydrogen) atoms. The van der Waals surface area contributed by atoms with E-state index in [1.54, 1.807) is 13.0 Å². The summed E-state index contributed by atoms with van der Waals surface area (Å²) in [6.07, 6.45) is 13.1. The van der Waals surface area contributed by atoms with Gasteiger partial charge < -0.3 is 10.0 Å². The van der Waals surface area contributed by atoms with Gasteiger partial charge in [0, 0.05) is 29.9 Å². The zero-order chi connectivity index (χ0) is 26.6. The lowest BCUT2D eigenvalue weighted by Crippen LogP contribution is -2.39. The molecule has 0 bridgehead atoms. The normalized spacial score (nSPS) is 15.3. The maximum Gasteiger partial charge on any atom is 0.219 e. The molecule has 1 aliphatic rings. The van der Waals surface area contributed by atoms with Crippen LogP contribution in [-0.4, -0.2) is 34.6 Å². The molecule has 0 radical (unpaired) electrons. The molecule has 1 N–H and O–H groups in total. The summed E-state index contributed by atoms with van der Waals surface area (Å²) in [5.41, 5.74) is 0.908. The van der Waals surface area contributed by atoms with Crippen LogP contribution in [0.3, 0.4) is 0 Å². The Labute approximate surface area is 215 Å². The van der Waals surface area contributed by atoms with Gasteiger partial charge in [0.25, 0.3) is 0 Å². The van der Waals surface area contributed by atoms with Crippen molar-refractivity contribution in [2.24, 2.45) is 0 Å². The first-order chi connectivity index (χ1) is 16.3. The summed E-state index contributed by atoms with van der Waals surface area (Å²) in [5.74, 6) is 0.0711. The minimum atomic E-state index is -0.559. The summed E-state index contributed by atoms with van der Waals surface area (Å²) in [5, 5.41) is 11.8. The van der Waals surface area contributed by atoms with Crippen LogP contribution >= 0.6 is 11.6 Å². The number of rotatable bonds is 8. The van der Waals surface area contributed by atoms with Crippen LogP contribution in [0.5, 0.6) is 0 Å². The fourth-order valence-electron chi connectivity index (χ4n) is 4.11. The largest absolute Gasteiger partial charge is 0.388 e. The summed E-state index contributed by atoms with van der Waals surface area (Å²) in [4.78, 5) is 13.6. The lowest BCUT2D eigenvalue weighted by Gasteiger charge is -2.34. The van der Waals surface area contributed by atoms with Gasteiger partial charge in [-0.15, -0.1) is 13.2 Å². The molecule has 3 nitrogen and oxygen atoms in total. The van der Waals surface area contributed by atoms with Crippen molar-refractivity contribution in [3.05, 3.63) is 72.3 Å². The third-order valence-corrected chi connectivity index (χ3v) is 6.10. The van der Waals surface area contributed by atoms with Gasteiger partial charge in [-0.1, -0.05) is 88.6 Å². The molecule has 1 saturated carbocycles. The molecule has 4 heteroatoms. The second-order valence-corrected chi connectivity index (χ2v) is 8.52. The Hall–Kier alpha value is -1.84. The summed E-state index contributed by atoms with van der Waals surface area (Å²) in [7, 11) is 0. The van der Waals surface area contributed by atoms with Crippen molar-refractivity contribution in [3.8, 4) is 0 Å². The second-order valence-electron chi connectivity index (χ2n) is 8.09. The Bertz CT molecular complexity index is 690. The molecule has 1 aromatic rings. The monoisotopic (exact) mass is 491 g/mol. The van der Waals surface area contributed by atoms with Crippen molar-refractivity contribution in [2.75, 3.05) is 6.54 Å².